The van der Waals surface area contributed by atoms with Crippen molar-refractivity contribution in [2.45, 2.75) is 19.3 Å². The molecular formula is C11H17NO2. The number of rotatable bonds is 4. The van der Waals surface area contributed by atoms with Gasteiger partial charge in [0, 0.05) is 25.8 Å². The summed E-state index contributed by atoms with van der Waals surface area (Å²) in [5.41, 5.74) is 7.86. The molecule has 1 unspecified atom stereocenters. The molecule has 3 nitrogen and oxygen atoms in total. The molecule has 0 aliphatic heterocycles. The maximum absolute atomic E-state index is 5.78. The number of hydrogen-bond donors (Lipinski definition) is 1. The molecule has 0 aliphatic carbocycles. The molecule has 1 rings (SSSR count). The predicted octanol–water partition coefficient (Wildman–Crippen LogP) is 2.00. The van der Waals surface area contributed by atoms with E-state index < -0.39 is 0 Å². The molecule has 2 N–H and O–H groups in total. The van der Waals surface area contributed by atoms with Gasteiger partial charge < -0.3 is 15.2 Å². The molecule has 0 radical (unpaired) electrons. The van der Waals surface area contributed by atoms with Crippen molar-refractivity contribution >= 4 is 0 Å². The fourth-order valence-electron chi connectivity index (χ4n) is 1.36. The Morgan fingerprint density at radius 2 is 1.71 bits per heavy atom. The van der Waals surface area contributed by atoms with Gasteiger partial charge in [-0.2, -0.15) is 0 Å². The highest BCUT2D eigenvalue weighted by Crippen LogP contribution is 2.20. The van der Waals surface area contributed by atoms with Gasteiger partial charge in [0.2, 0.25) is 0 Å². The summed E-state index contributed by atoms with van der Waals surface area (Å²) in [6.45, 7) is 1.95. The van der Waals surface area contributed by atoms with E-state index in [2.05, 4.69) is 0 Å². The summed E-state index contributed by atoms with van der Waals surface area (Å²) >= 11 is 0. The summed E-state index contributed by atoms with van der Waals surface area (Å²) in [6, 6.07) is 7.95. The molecule has 0 bridgehead atoms. The summed E-state index contributed by atoms with van der Waals surface area (Å²) in [4.78, 5) is 0. The monoisotopic (exact) mass is 195 g/mol. The molecule has 0 heterocycles. The average Bonchev–Trinajstić information content (AvgIpc) is 2.20. The summed E-state index contributed by atoms with van der Waals surface area (Å²) in [5.74, 6) is 0. The Bertz CT molecular complexity index is 282. The molecule has 0 spiro atoms. The SMILES string of the molecule is COC(OC)c1cccc(C(C)N)c1. The van der Waals surface area contributed by atoms with Crippen molar-refractivity contribution in [2.24, 2.45) is 5.73 Å². The van der Waals surface area contributed by atoms with Gasteiger partial charge in [0.25, 0.3) is 0 Å². The van der Waals surface area contributed by atoms with Gasteiger partial charge in [0.1, 0.15) is 0 Å². The van der Waals surface area contributed by atoms with Crippen molar-refractivity contribution in [1.82, 2.24) is 0 Å². The van der Waals surface area contributed by atoms with E-state index in [0.717, 1.165) is 11.1 Å². The molecule has 1 aromatic carbocycles. The molecular weight excluding hydrogens is 178 g/mol. The molecule has 0 aromatic heterocycles. The van der Waals surface area contributed by atoms with Crippen LogP contribution in [0, 0.1) is 0 Å². The van der Waals surface area contributed by atoms with E-state index in [0.29, 0.717) is 0 Å². The maximum Gasteiger partial charge on any atom is 0.183 e. The third-order valence-electron chi connectivity index (χ3n) is 2.14. The second kappa shape index (κ2) is 5.10. The Morgan fingerprint density at radius 3 is 2.21 bits per heavy atom. The highest BCUT2D eigenvalue weighted by Gasteiger charge is 2.09. The van der Waals surface area contributed by atoms with E-state index in [1.807, 2.05) is 31.2 Å². The zero-order valence-corrected chi connectivity index (χ0v) is 8.86. The van der Waals surface area contributed by atoms with E-state index in [1.165, 1.54) is 0 Å². The van der Waals surface area contributed by atoms with Gasteiger partial charge in [0.05, 0.1) is 0 Å². The molecule has 0 fully saturated rings. The van der Waals surface area contributed by atoms with E-state index >= 15 is 0 Å². The summed E-state index contributed by atoms with van der Waals surface area (Å²) in [6.07, 6.45) is -0.311. The Balaban J connectivity index is 2.92. The number of nitrogens with two attached hydrogens (primary N) is 1. The standard InChI is InChI=1S/C11H17NO2/c1-8(12)9-5-4-6-10(7-9)11(13-2)14-3/h4-8,11H,12H2,1-3H3. The van der Waals surface area contributed by atoms with Gasteiger partial charge in [-0.1, -0.05) is 18.2 Å². The van der Waals surface area contributed by atoms with Gasteiger partial charge in [0.15, 0.2) is 6.29 Å². The van der Waals surface area contributed by atoms with Crippen LogP contribution in [0.15, 0.2) is 24.3 Å². The lowest BCUT2D eigenvalue weighted by atomic mass is 10.1. The fourth-order valence-corrected chi connectivity index (χ4v) is 1.36. The van der Waals surface area contributed by atoms with Crippen LogP contribution in [0.2, 0.25) is 0 Å². The van der Waals surface area contributed by atoms with E-state index in [1.54, 1.807) is 14.2 Å². The largest absolute Gasteiger partial charge is 0.352 e. The van der Waals surface area contributed by atoms with Crippen LogP contribution in [-0.2, 0) is 9.47 Å². The Labute approximate surface area is 84.8 Å². The molecule has 3 heteroatoms. The zero-order chi connectivity index (χ0) is 10.6. The van der Waals surface area contributed by atoms with Crippen LogP contribution in [0.5, 0.6) is 0 Å². The van der Waals surface area contributed by atoms with Crippen molar-refractivity contribution in [3.05, 3.63) is 35.4 Å². The second-order valence-electron chi connectivity index (χ2n) is 3.26. The van der Waals surface area contributed by atoms with Crippen LogP contribution in [0.4, 0.5) is 0 Å². The van der Waals surface area contributed by atoms with Crippen molar-refractivity contribution in [3.8, 4) is 0 Å². The fraction of sp³-hybridized carbons (Fsp3) is 0.455. The van der Waals surface area contributed by atoms with E-state index in [9.17, 15) is 0 Å². The Kier molecular flexibility index (Phi) is 4.07. The van der Waals surface area contributed by atoms with Gasteiger partial charge in [-0.3, -0.25) is 0 Å². The number of hydrogen-bond acceptors (Lipinski definition) is 3. The number of benzene rings is 1. The Morgan fingerprint density at radius 1 is 1.14 bits per heavy atom. The van der Waals surface area contributed by atoms with Crippen molar-refractivity contribution in [1.29, 1.82) is 0 Å². The van der Waals surface area contributed by atoms with Crippen molar-refractivity contribution in [3.63, 3.8) is 0 Å². The highest BCUT2D eigenvalue weighted by atomic mass is 16.7. The van der Waals surface area contributed by atoms with Crippen LogP contribution in [0.3, 0.4) is 0 Å². The maximum atomic E-state index is 5.78. The molecule has 0 aliphatic rings. The number of ether oxygens (including phenoxy) is 2. The molecule has 1 atom stereocenters. The summed E-state index contributed by atoms with van der Waals surface area (Å²) in [5, 5.41) is 0. The first-order chi connectivity index (χ1) is 6.69. The summed E-state index contributed by atoms with van der Waals surface area (Å²) < 4.78 is 10.3. The first-order valence-corrected chi connectivity index (χ1v) is 4.60. The first kappa shape index (κ1) is 11.2. The highest BCUT2D eigenvalue weighted by molar-refractivity contribution is 5.26. The van der Waals surface area contributed by atoms with Gasteiger partial charge >= 0.3 is 0 Å². The molecule has 0 saturated heterocycles. The van der Waals surface area contributed by atoms with Gasteiger partial charge in [-0.05, 0) is 18.6 Å². The lowest BCUT2D eigenvalue weighted by Crippen LogP contribution is -2.08. The Hall–Kier alpha value is -0.900. The third kappa shape index (κ3) is 2.54. The minimum atomic E-state index is -0.311. The number of methoxy groups -OCH3 is 2. The first-order valence-electron chi connectivity index (χ1n) is 4.60. The third-order valence-corrected chi connectivity index (χ3v) is 2.14. The summed E-state index contributed by atoms with van der Waals surface area (Å²) in [7, 11) is 3.24. The quantitative estimate of drug-likeness (QED) is 0.747. The van der Waals surface area contributed by atoms with Gasteiger partial charge in [-0.25, -0.2) is 0 Å². The normalized spacial score (nSPS) is 13.2. The molecule has 0 amide bonds. The van der Waals surface area contributed by atoms with Crippen LogP contribution < -0.4 is 5.73 Å². The second-order valence-corrected chi connectivity index (χ2v) is 3.26. The van der Waals surface area contributed by atoms with E-state index in [-0.39, 0.29) is 12.3 Å². The van der Waals surface area contributed by atoms with E-state index in [4.69, 9.17) is 15.2 Å². The smallest absolute Gasteiger partial charge is 0.183 e. The van der Waals surface area contributed by atoms with Crippen LogP contribution in [0.25, 0.3) is 0 Å². The lowest BCUT2D eigenvalue weighted by molar-refractivity contribution is -0.106. The average molecular weight is 195 g/mol. The van der Waals surface area contributed by atoms with Crippen molar-refractivity contribution in [2.75, 3.05) is 14.2 Å². The zero-order valence-electron chi connectivity index (χ0n) is 8.86. The van der Waals surface area contributed by atoms with Crippen LogP contribution in [0.1, 0.15) is 30.4 Å². The minimum Gasteiger partial charge on any atom is -0.352 e. The molecule has 14 heavy (non-hydrogen) atoms. The molecule has 0 saturated carbocycles. The molecule has 78 valence electrons. The van der Waals surface area contributed by atoms with Crippen LogP contribution >= 0.6 is 0 Å². The molecule has 1 aromatic rings. The predicted molar refractivity (Wildman–Crippen MR) is 55.8 cm³/mol. The van der Waals surface area contributed by atoms with Gasteiger partial charge in [-0.15, -0.1) is 0 Å². The lowest BCUT2D eigenvalue weighted by Gasteiger charge is -2.15. The topological polar surface area (TPSA) is 44.5 Å². The van der Waals surface area contributed by atoms with Crippen molar-refractivity contribution < 1.29 is 9.47 Å². The minimum absolute atomic E-state index is 0.0318. The van der Waals surface area contributed by atoms with Crippen LogP contribution in [-0.4, -0.2) is 14.2 Å².